The van der Waals surface area contributed by atoms with Crippen molar-refractivity contribution < 1.29 is 29.0 Å². The van der Waals surface area contributed by atoms with Crippen LogP contribution in [0.3, 0.4) is 0 Å². The van der Waals surface area contributed by atoms with Crippen molar-refractivity contribution in [2.24, 2.45) is 11.8 Å². The second-order valence-corrected chi connectivity index (χ2v) is 10.2. The molecule has 1 aromatic carbocycles. The molecule has 1 saturated carbocycles. The van der Waals surface area contributed by atoms with Gasteiger partial charge in [0.2, 0.25) is 12.7 Å². The second-order valence-electron chi connectivity index (χ2n) is 6.93. The van der Waals surface area contributed by atoms with Gasteiger partial charge in [-0.3, -0.25) is 25.2 Å². The molecule has 4 rings (SSSR count). The van der Waals surface area contributed by atoms with Gasteiger partial charge in [-0.1, -0.05) is 46.4 Å². The number of carboxylic acid groups (broad SMARTS) is 1. The number of carbonyl (C=O) groups is 3. The minimum Gasteiger partial charge on any atom is -0.481 e. The lowest BCUT2D eigenvalue weighted by atomic mass is 9.81. The molecule has 1 aromatic rings. The minimum absolute atomic E-state index is 0.0167. The van der Waals surface area contributed by atoms with Crippen molar-refractivity contribution >= 4 is 87.4 Å². The van der Waals surface area contributed by atoms with Crippen molar-refractivity contribution in [2.45, 2.75) is 14.1 Å². The molecule has 14 heteroatoms. The maximum Gasteiger partial charge on any atom is 0.309 e. The van der Waals surface area contributed by atoms with Crippen LogP contribution in [0.4, 0.5) is 0 Å². The number of fused-ring (bicyclic) bond motifs is 3. The first-order chi connectivity index (χ1) is 14.4. The van der Waals surface area contributed by atoms with Crippen LogP contribution in [0.15, 0.2) is 28.3 Å². The van der Waals surface area contributed by atoms with E-state index in [9.17, 15) is 19.5 Å². The molecule has 2 bridgehead atoms. The topological polar surface area (TPSA) is 114 Å². The lowest BCUT2D eigenvalue weighted by molar-refractivity contribution is -0.147. The molecule has 0 radical (unpaired) electrons. The molecule has 1 aliphatic heterocycles. The van der Waals surface area contributed by atoms with Gasteiger partial charge in [-0.05, 0) is 18.2 Å². The van der Waals surface area contributed by atoms with E-state index in [1.54, 1.807) is 0 Å². The zero-order valence-corrected chi connectivity index (χ0v) is 19.4. The van der Waals surface area contributed by atoms with E-state index in [0.717, 1.165) is 0 Å². The summed E-state index contributed by atoms with van der Waals surface area (Å²) < 4.78 is 8.11. The summed E-state index contributed by atoms with van der Waals surface area (Å²) in [7, 11) is 0. The molecule has 1 fully saturated rings. The summed E-state index contributed by atoms with van der Waals surface area (Å²) in [6, 6.07) is 4.35. The first-order valence-electron chi connectivity index (χ1n) is 8.43. The normalized spacial score (nSPS) is 32.2. The average Bonchev–Trinajstić information content (AvgIpc) is 3.27. The largest absolute Gasteiger partial charge is 0.481 e. The fourth-order valence-corrected chi connectivity index (χ4v) is 6.87. The summed E-state index contributed by atoms with van der Waals surface area (Å²) in [6.45, 7) is 0.0167. The maximum atomic E-state index is 12.9. The van der Waals surface area contributed by atoms with Gasteiger partial charge in [-0.25, -0.2) is 0 Å². The van der Waals surface area contributed by atoms with Crippen molar-refractivity contribution in [1.82, 2.24) is 10.9 Å². The number of allylic oxidation sites excluding steroid dienone is 2. The van der Waals surface area contributed by atoms with Gasteiger partial charge in [0.1, 0.15) is 9.75 Å². The van der Waals surface area contributed by atoms with E-state index in [-0.39, 0.29) is 22.4 Å². The molecule has 0 saturated heterocycles. The fourth-order valence-electron chi connectivity index (χ4n) is 3.93. The molecule has 1 heterocycles. The smallest absolute Gasteiger partial charge is 0.309 e. The number of nitrogens with one attached hydrogen (secondary N) is 2. The number of hydrazine groups is 1. The van der Waals surface area contributed by atoms with Gasteiger partial charge >= 0.3 is 5.97 Å². The number of carbonyl (C=O) groups excluding carboxylic acids is 2. The summed E-state index contributed by atoms with van der Waals surface area (Å²) in [5, 5.41) is 9.02. The van der Waals surface area contributed by atoms with Crippen LogP contribution in [0.5, 0.6) is 11.5 Å². The highest BCUT2D eigenvalue weighted by atomic mass is 35.5. The van der Waals surface area contributed by atoms with Crippen LogP contribution in [-0.4, -0.2) is 43.8 Å². The monoisotopic (exact) mass is 548 g/mol. The number of benzene rings is 1. The van der Waals surface area contributed by atoms with E-state index in [1.165, 1.54) is 18.2 Å². The van der Waals surface area contributed by atoms with Crippen molar-refractivity contribution in [3.05, 3.63) is 33.8 Å². The summed E-state index contributed by atoms with van der Waals surface area (Å²) in [6.07, 6.45) is 0. The summed E-state index contributed by atoms with van der Waals surface area (Å²) in [5.41, 5.74) is 4.41. The summed E-state index contributed by atoms with van der Waals surface area (Å²) >= 11 is 37.9. The molecule has 31 heavy (non-hydrogen) atoms. The maximum absolute atomic E-state index is 12.9. The van der Waals surface area contributed by atoms with Crippen molar-refractivity contribution in [3.8, 4) is 11.5 Å². The molecule has 0 aromatic heterocycles. The lowest BCUT2D eigenvalue weighted by Crippen LogP contribution is -2.53. The van der Waals surface area contributed by atoms with E-state index in [4.69, 9.17) is 79.1 Å². The zero-order chi connectivity index (χ0) is 22.9. The molecule has 8 nitrogen and oxygen atoms in total. The number of amides is 2. The number of aliphatic carboxylic acids is 1. The molecule has 4 atom stereocenters. The first-order valence-corrected chi connectivity index (χ1v) is 10.7. The lowest BCUT2D eigenvalue weighted by Gasteiger charge is -2.33. The number of ether oxygens (including phenoxy) is 2. The Kier molecular flexibility index (Phi) is 5.44. The molecular weight excluding hydrogens is 541 g/mol. The Hall–Kier alpha value is -1.29. The third-order valence-corrected chi connectivity index (χ3v) is 9.68. The van der Waals surface area contributed by atoms with Gasteiger partial charge in [0.25, 0.3) is 5.91 Å². The number of alkyl halides is 4. The Balaban J connectivity index is 1.59. The Labute approximate surface area is 204 Å². The third-order valence-electron chi connectivity index (χ3n) is 5.42. The van der Waals surface area contributed by atoms with Crippen molar-refractivity contribution in [2.75, 3.05) is 6.79 Å². The highest BCUT2D eigenvalue weighted by Crippen LogP contribution is 2.76. The Bertz CT molecular complexity index is 1060. The molecule has 3 aliphatic rings. The van der Waals surface area contributed by atoms with Gasteiger partial charge in [-0.15, -0.1) is 23.2 Å². The van der Waals surface area contributed by atoms with Crippen LogP contribution in [-0.2, 0) is 9.59 Å². The van der Waals surface area contributed by atoms with E-state index >= 15 is 0 Å². The molecule has 2 amide bonds. The standard InChI is InChI=1S/C17H10Cl6N2O6/c18-10-11(19)16(21)9(14(28)29)8(15(10,20)17(16,22)23)13(27)25-24-12(26)5-1-2-6-7(3-5)31-4-30-6/h1-3,8-9H,4H2,(H,24,26)(H,25,27)(H,28,29)/t8-,9+,15-,16-/m1/s1. The van der Waals surface area contributed by atoms with Gasteiger partial charge in [-0.2, -0.15) is 0 Å². The molecular formula is C17H10Cl6N2O6. The average molecular weight is 551 g/mol. The highest BCUT2D eigenvalue weighted by Gasteiger charge is 2.85. The van der Waals surface area contributed by atoms with E-state index in [2.05, 4.69) is 10.9 Å². The number of carboxylic acids is 1. The highest BCUT2D eigenvalue weighted by molar-refractivity contribution is 6.66. The van der Waals surface area contributed by atoms with E-state index in [1.807, 2.05) is 0 Å². The van der Waals surface area contributed by atoms with Crippen LogP contribution >= 0.6 is 69.6 Å². The summed E-state index contributed by atoms with van der Waals surface area (Å²) in [5.74, 6) is -5.91. The molecule has 166 valence electrons. The second kappa shape index (κ2) is 7.37. The van der Waals surface area contributed by atoms with E-state index < -0.39 is 43.7 Å². The van der Waals surface area contributed by atoms with Gasteiger partial charge in [0.15, 0.2) is 15.8 Å². The summed E-state index contributed by atoms with van der Waals surface area (Å²) in [4.78, 5) is 33.0. The van der Waals surface area contributed by atoms with Gasteiger partial charge in [0.05, 0.1) is 21.9 Å². The SMILES string of the molecule is O=C(NNC(=O)[C@H]1[C@@H](C(=O)O)[C@@]2(Cl)C(Cl)=C(Cl)[C@@]1(Cl)C2(Cl)Cl)c1ccc2c(c1)OCO2. The van der Waals surface area contributed by atoms with Gasteiger partial charge in [0, 0.05) is 5.56 Å². The number of rotatable bonds is 3. The molecule has 0 unspecified atom stereocenters. The Morgan fingerprint density at radius 1 is 0.935 bits per heavy atom. The molecule has 3 N–H and O–H groups in total. The van der Waals surface area contributed by atoms with Gasteiger partial charge < -0.3 is 14.6 Å². The van der Waals surface area contributed by atoms with Crippen molar-refractivity contribution in [1.29, 1.82) is 0 Å². The van der Waals surface area contributed by atoms with E-state index in [0.29, 0.717) is 11.5 Å². The van der Waals surface area contributed by atoms with Crippen LogP contribution in [0.1, 0.15) is 10.4 Å². The quantitative estimate of drug-likeness (QED) is 0.393. The first kappa shape index (κ1) is 22.9. The number of halogens is 6. The predicted octanol–water partition coefficient (Wildman–Crippen LogP) is 3.34. The Morgan fingerprint density at radius 2 is 1.52 bits per heavy atom. The third kappa shape index (κ3) is 2.85. The molecule has 2 aliphatic carbocycles. The van der Waals surface area contributed by atoms with Crippen LogP contribution in [0.2, 0.25) is 0 Å². The van der Waals surface area contributed by atoms with Crippen LogP contribution in [0, 0.1) is 11.8 Å². The molecule has 0 spiro atoms. The van der Waals surface area contributed by atoms with Crippen LogP contribution < -0.4 is 20.3 Å². The number of hydrogen-bond acceptors (Lipinski definition) is 5. The van der Waals surface area contributed by atoms with Crippen LogP contribution in [0.25, 0.3) is 0 Å². The minimum atomic E-state index is -2.25. The predicted molar refractivity (Wildman–Crippen MR) is 113 cm³/mol. The number of hydrogen-bond donors (Lipinski definition) is 3. The zero-order valence-electron chi connectivity index (χ0n) is 14.9. The fraction of sp³-hybridized carbons (Fsp3) is 0.353. The Morgan fingerprint density at radius 3 is 2.13 bits per heavy atom. The van der Waals surface area contributed by atoms with Crippen molar-refractivity contribution in [3.63, 3.8) is 0 Å².